The van der Waals surface area contributed by atoms with E-state index in [2.05, 4.69) is 40.7 Å². The van der Waals surface area contributed by atoms with Crippen LogP contribution in [-0.4, -0.2) is 67.0 Å². The van der Waals surface area contributed by atoms with Gasteiger partial charge < -0.3 is 15.3 Å². The number of pyridine rings is 1. The molecule has 0 aliphatic carbocycles. The normalized spacial score (nSPS) is 17.2. The van der Waals surface area contributed by atoms with Crippen molar-refractivity contribution < 1.29 is 19.5 Å². The summed E-state index contributed by atoms with van der Waals surface area (Å²) >= 11 is 0.864. The molecular weight excluding hydrogens is 520 g/mol. The molecule has 2 fully saturated rings. The molecule has 0 radical (unpaired) electrons. The number of carboxylic acid groups (broad SMARTS) is 1. The highest BCUT2D eigenvalue weighted by atomic mass is 32.2. The first kappa shape index (κ1) is 26.5. The molecular formula is C26H28N8O4S. The first-order valence-electron chi connectivity index (χ1n) is 12.7. The third-order valence-electron chi connectivity index (χ3n) is 6.83. The number of nitrogens with one attached hydrogen (secondary N) is 3. The van der Waals surface area contributed by atoms with Gasteiger partial charge in [0.05, 0.1) is 21.9 Å². The number of nitrogens with zero attached hydrogens (tertiary/aromatic N) is 5. The highest BCUT2D eigenvalue weighted by Crippen LogP contribution is 2.27. The summed E-state index contributed by atoms with van der Waals surface area (Å²) in [7, 11) is 0. The third-order valence-corrected chi connectivity index (χ3v) is 7.64. The zero-order chi connectivity index (χ0) is 27.4. The monoisotopic (exact) mass is 548 g/mol. The molecule has 2 saturated heterocycles. The van der Waals surface area contributed by atoms with Crippen LogP contribution in [-0.2, 0) is 17.8 Å². The fraction of sp³-hybridized carbons (Fsp3) is 0.346. The number of aromatic carboxylic acids is 1. The lowest BCUT2D eigenvalue weighted by Crippen LogP contribution is -2.38. The maximum atomic E-state index is 12.1. The van der Waals surface area contributed by atoms with Crippen molar-refractivity contribution in [2.45, 2.75) is 32.7 Å². The maximum absolute atomic E-state index is 12.1. The van der Waals surface area contributed by atoms with Gasteiger partial charge in [0.2, 0.25) is 5.95 Å². The van der Waals surface area contributed by atoms with Crippen molar-refractivity contribution in [3.05, 3.63) is 58.0 Å². The van der Waals surface area contributed by atoms with E-state index in [1.54, 1.807) is 36.8 Å². The number of H-pyrrole nitrogens is 1. The van der Waals surface area contributed by atoms with Crippen molar-refractivity contribution in [1.29, 1.82) is 0 Å². The number of hydrogen-bond acceptors (Lipinski definition) is 10. The van der Waals surface area contributed by atoms with Gasteiger partial charge in [0, 0.05) is 38.2 Å². The number of imide groups is 1. The number of rotatable bonds is 9. The van der Waals surface area contributed by atoms with Crippen LogP contribution < -0.4 is 15.5 Å². The maximum Gasteiger partial charge on any atom is 0.338 e. The predicted molar refractivity (Wildman–Crippen MR) is 146 cm³/mol. The zero-order valence-electron chi connectivity index (χ0n) is 21.3. The zero-order valence-corrected chi connectivity index (χ0v) is 22.1. The lowest BCUT2D eigenvalue weighted by Gasteiger charge is -2.32. The molecule has 2 aliphatic heterocycles. The van der Waals surface area contributed by atoms with Gasteiger partial charge in [-0.1, -0.05) is 6.92 Å². The van der Waals surface area contributed by atoms with E-state index in [0.29, 0.717) is 46.8 Å². The van der Waals surface area contributed by atoms with Gasteiger partial charge in [-0.05, 0) is 72.8 Å². The van der Waals surface area contributed by atoms with Crippen LogP contribution in [0.15, 0.2) is 35.6 Å². The molecule has 39 heavy (non-hydrogen) atoms. The molecule has 0 aromatic carbocycles. The van der Waals surface area contributed by atoms with Crippen LogP contribution in [0.4, 0.5) is 10.7 Å². The average Bonchev–Trinajstić information content (AvgIpc) is 3.58. The quantitative estimate of drug-likeness (QED) is 0.290. The number of carbonyl (C=O) groups is 3. The van der Waals surface area contributed by atoms with Crippen molar-refractivity contribution in [1.82, 2.24) is 35.8 Å². The van der Waals surface area contributed by atoms with E-state index in [4.69, 9.17) is 0 Å². The fourth-order valence-electron chi connectivity index (χ4n) is 4.86. The van der Waals surface area contributed by atoms with Gasteiger partial charge >= 0.3 is 5.97 Å². The molecule has 5 rings (SSSR count). The summed E-state index contributed by atoms with van der Waals surface area (Å²) in [5.41, 5.74) is 3.42. The second-order valence-corrected chi connectivity index (χ2v) is 10.3. The molecule has 5 heterocycles. The molecule has 0 bridgehead atoms. The number of aromatic nitrogens is 5. The lowest BCUT2D eigenvalue weighted by atomic mass is 9.95. The van der Waals surface area contributed by atoms with Crippen molar-refractivity contribution in [3.8, 4) is 11.4 Å². The molecule has 3 aromatic heterocycles. The minimum Gasteiger partial charge on any atom is -0.478 e. The Morgan fingerprint density at radius 2 is 2.05 bits per heavy atom. The molecule has 4 N–H and O–H groups in total. The Hall–Kier alpha value is -4.10. The van der Waals surface area contributed by atoms with E-state index in [0.717, 1.165) is 55.4 Å². The summed E-state index contributed by atoms with van der Waals surface area (Å²) in [5, 5.41) is 22.0. The number of anilines is 1. The average molecular weight is 549 g/mol. The molecule has 0 saturated carbocycles. The molecule has 12 nitrogen and oxygen atoms in total. The number of hydrogen-bond donors (Lipinski definition) is 4. The summed E-state index contributed by atoms with van der Waals surface area (Å²) in [5.74, 6) is -0.354. The van der Waals surface area contributed by atoms with Gasteiger partial charge in [0.15, 0.2) is 0 Å². The van der Waals surface area contributed by atoms with Crippen LogP contribution >= 0.6 is 11.8 Å². The second kappa shape index (κ2) is 11.7. The molecule has 3 aromatic rings. The van der Waals surface area contributed by atoms with Crippen molar-refractivity contribution in [3.63, 3.8) is 0 Å². The van der Waals surface area contributed by atoms with Crippen LogP contribution in [0.1, 0.15) is 46.9 Å². The Bertz CT molecular complexity index is 1420. The Morgan fingerprint density at radius 1 is 1.23 bits per heavy atom. The molecule has 2 aliphatic rings. The number of carboxylic acids is 1. The van der Waals surface area contributed by atoms with Gasteiger partial charge in [-0.2, -0.15) is 5.10 Å². The Kier molecular flexibility index (Phi) is 7.98. The summed E-state index contributed by atoms with van der Waals surface area (Å²) in [6.45, 7) is 4.88. The third kappa shape index (κ3) is 5.99. The van der Waals surface area contributed by atoms with Gasteiger partial charge in [0.25, 0.3) is 11.1 Å². The SMILES string of the molecule is CCc1c(CNCC2CCN(c3nccc(C=C4SC(=O)NC4=O)n3)CC2)cnc(-c2ccn[nH]2)c1C(=O)O. The van der Waals surface area contributed by atoms with E-state index in [9.17, 15) is 19.5 Å². The minimum atomic E-state index is -1.00. The predicted octanol–water partition coefficient (Wildman–Crippen LogP) is 2.85. The number of amides is 2. The van der Waals surface area contributed by atoms with Gasteiger partial charge in [-0.3, -0.25) is 25.0 Å². The highest BCUT2D eigenvalue weighted by molar-refractivity contribution is 8.18. The van der Waals surface area contributed by atoms with E-state index < -0.39 is 11.9 Å². The van der Waals surface area contributed by atoms with Crippen LogP contribution in [0.3, 0.4) is 0 Å². The second-order valence-electron chi connectivity index (χ2n) is 9.31. The molecule has 202 valence electrons. The summed E-state index contributed by atoms with van der Waals surface area (Å²) in [4.78, 5) is 51.2. The smallest absolute Gasteiger partial charge is 0.338 e. The highest BCUT2D eigenvalue weighted by Gasteiger charge is 2.26. The Balaban J connectivity index is 1.17. The van der Waals surface area contributed by atoms with Crippen LogP contribution in [0.25, 0.3) is 17.5 Å². The lowest BCUT2D eigenvalue weighted by molar-refractivity contribution is -0.115. The Morgan fingerprint density at radius 3 is 2.72 bits per heavy atom. The fourth-order valence-corrected chi connectivity index (χ4v) is 5.53. The van der Waals surface area contributed by atoms with Crippen molar-refractivity contribution >= 4 is 40.9 Å². The largest absolute Gasteiger partial charge is 0.478 e. The summed E-state index contributed by atoms with van der Waals surface area (Å²) in [6, 6.07) is 3.42. The molecule has 0 atom stereocenters. The van der Waals surface area contributed by atoms with Gasteiger partial charge in [-0.25, -0.2) is 14.8 Å². The van der Waals surface area contributed by atoms with Crippen LogP contribution in [0, 0.1) is 5.92 Å². The van der Waals surface area contributed by atoms with Gasteiger partial charge in [-0.15, -0.1) is 0 Å². The molecule has 0 spiro atoms. The minimum absolute atomic E-state index is 0.214. The van der Waals surface area contributed by atoms with E-state index in [1.165, 1.54) is 0 Å². The number of carbonyl (C=O) groups excluding carboxylic acids is 2. The van der Waals surface area contributed by atoms with Crippen LogP contribution in [0.2, 0.25) is 0 Å². The number of aromatic amines is 1. The van der Waals surface area contributed by atoms with E-state index in [-0.39, 0.29) is 10.8 Å². The molecule has 0 unspecified atom stereocenters. The summed E-state index contributed by atoms with van der Waals surface area (Å²) < 4.78 is 0. The first-order valence-corrected chi connectivity index (χ1v) is 13.5. The Labute approximate surface area is 228 Å². The summed E-state index contributed by atoms with van der Waals surface area (Å²) in [6.07, 6.45) is 9.07. The van der Waals surface area contributed by atoms with Crippen molar-refractivity contribution in [2.24, 2.45) is 5.92 Å². The van der Waals surface area contributed by atoms with E-state index in [1.807, 2.05) is 6.92 Å². The standard InChI is InChI=1S/C26H28N8O4S/c1-2-18-16(14-29-22(21(18)24(36)37)19-4-8-30-33-19)13-27-12-15-5-9-34(10-6-15)25-28-7-3-17(31-25)11-20-23(35)32-26(38)39-20/h3-4,7-8,11,14-15,27H,2,5-6,9-10,12-13H2,1H3,(H,30,33)(H,36,37)(H,32,35,38). The topological polar surface area (TPSA) is 166 Å². The van der Waals surface area contributed by atoms with Crippen molar-refractivity contribution in [2.75, 3.05) is 24.5 Å². The first-order chi connectivity index (χ1) is 18.9. The molecule has 13 heteroatoms. The number of piperidine rings is 1. The van der Waals surface area contributed by atoms with Gasteiger partial charge in [0.1, 0.15) is 5.69 Å². The number of thioether (sulfide) groups is 1. The van der Waals surface area contributed by atoms with Crippen LogP contribution in [0.5, 0.6) is 0 Å². The van der Waals surface area contributed by atoms with E-state index >= 15 is 0 Å². The molecule has 2 amide bonds.